The molecule has 2 aliphatic heterocycles. The summed E-state index contributed by atoms with van der Waals surface area (Å²) in [5.74, 6) is 0.978. The molecule has 0 bridgehead atoms. The van der Waals surface area contributed by atoms with E-state index in [-0.39, 0.29) is 5.60 Å². The zero-order valence-corrected chi connectivity index (χ0v) is 7.42. The van der Waals surface area contributed by atoms with Crippen LogP contribution in [0.25, 0.3) is 0 Å². The van der Waals surface area contributed by atoms with Crippen LogP contribution < -0.4 is 10.1 Å². The van der Waals surface area contributed by atoms with Crippen LogP contribution in [0.4, 0.5) is 0 Å². The second kappa shape index (κ2) is 2.45. The highest BCUT2D eigenvalue weighted by atomic mass is 16.5. The molecule has 0 unspecified atom stereocenters. The fraction of sp³-hybridized carbons (Fsp3) is 0.500. The number of nitrogens with zero attached hydrogens (tertiary/aromatic N) is 1. The van der Waals surface area contributed by atoms with Gasteiger partial charge in [0.15, 0.2) is 0 Å². The molecular weight excluding hydrogens is 164 g/mol. The number of fused-ring (bicyclic) bond motifs is 1. The number of pyridine rings is 1. The first kappa shape index (κ1) is 7.33. The molecule has 0 radical (unpaired) electrons. The van der Waals surface area contributed by atoms with E-state index < -0.39 is 0 Å². The van der Waals surface area contributed by atoms with E-state index in [0.29, 0.717) is 0 Å². The van der Waals surface area contributed by atoms with Gasteiger partial charge < -0.3 is 10.1 Å². The molecule has 2 aliphatic rings. The van der Waals surface area contributed by atoms with Crippen LogP contribution >= 0.6 is 0 Å². The molecule has 0 amide bonds. The summed E-state index contributed by atoms with van der Waals surface area (Å²) in [4.78, 5) is 4.07. The molecule has 68 valence electrons. The van der Waals surface area contributed by atoms with Crippen molar-refractivity contribution in [2.75, 3.05) is 13.1 Å². The molecule has 1 N–H and O–H groups in total. The molecule has 3 heteroatoms. The molecule has 3 rings (SSSR count). The van der Waals surface area contributed by atoms with Gasteiger partial charge in [-0.15, -0.1) is 0 Å². The summed E-state index contributed by atoms with van der Waals surface area (Å²) < 4.78 is 5.93. The van der Waals surface area contributed by atoms with Crippen LogP contribution in [0.1, 0.15) is 12.0 Å². The van der Waals surface area contributed by atoms with E-state index in [2.05, 4.69) is 16.4 Å². The predicted molar refractivity (Wildman–Crippen MR) is 48.8 cm³/mol. The Morgan fingerprint density at radius 3 is 3.31 bits per heavy atom. The largest absolute Gasteiger partial charge is 0.484 e. The van der Waals surface area contributed by atoms with E-state index in [1.165, 1.54) is 5.56 Å². The molecule has 1 saturated heterocycles. The Bertz CT molecular complexity index is 304. The maximum Gasteiger partial charge on any atom is 0.141 e. The standard InChI is InChI=1S/C10H12N2O/c1-3-11-6-9-8(1)5-10(13-9)2-4-12-7-10/h1,3,6,12H,2,4-5,7H2/t10-/m0/s1. The van der Waals surface area contributed by atoms with Crippen molar-refractivity contribution in [3.05, 3.63) is 24.0 Å². The van der Waals surface area contributed by atoms with E-state index in [9.17, 15) is 0 Å². The first-order valence-corrected chi connectivity index (χ1v) is 4.71. The zero-order valence-electron chi connectivity index (χ0n) is 7.42. The SMILES string of the molecule is c1cc2c(cn1)O[C@@]1(CCNC1)C2. The number of aromatic nitrogens is 1. The van der Waals surface area contributed by atoms with Crippen molar-refractivity contribution in [3.63, 3.8) is 0 Å². The van der Waals surface area contributed by atoms with Crippen molar-refractivity contribution in [2.24, 2.45) is 0 Å². The molecule has 1 aromatic rings. The fourth-order valence-electron chi connectivity index (χ4n) is 2.22. The van der Waals surface area contributed by atoms with Crippen LogP contribution in [0, 0.1) is 0 Å². The van der Waals surface area contributed by atoms with Crippen molar-refractivity contribution in [3.8, 4) is 5.75 Å². The highest BCUT2D eigenvalue weighted by Gasteiger charge is 2.41. The third-order valence-corrected chi connectivity index (χ3v) is 2.91. The fourth-order valence-corrected chi connectivity index (χ4v) is 2.22. The molecule has 1 fully saturated rings. The topological polar surface area (TPSA) is 34.1 Å². The summed E-state index contributed by atoms with van der Waals surface area (Å²) in [6.07, 6.45) is 5.81. The third kappa shape index (κ3) is 1.04. The van der Waals surface area contributed by atoms with Crippen molar-refractivity contribution in [2.45, 2.75) is 18.4 Å². The smallest absolute Gasteiger partial charge is 0.141 e. The van der Waals surface area contributed by atoms with Crippen LogP contribution in [0.2, 0.25) is 0 Å². The Balaban J connectivity index is 1.96. The highest BCUT2D eigenvalue weighted by molar-refractivity contribution is 5.37. The lowest BCUT2D eigenvalue weighted by molar-refractivity contribution is 0.117. The van der Waals surface area contributed by atoms with E-state index in [1.807, 2.05) is 12.4 Å². The molecular formula is C10H12N2O. The first-order chi connectivity index (χ1) is 6.38. The first-order valence-electron chi connectivity index (χ1n) is 4.71. The minimum Gasteiger partial charge on any atom is -0.484 e. The van der Waals surface area contributed by atoms with Gasteiger partial charge in [0.2, 0.25) is 0 Å². The van der Waals surface area contributed by atoms with Crippen molar-refractivity contribution < 1.29 is 4.74 Å². The summed E-state index contributed by atoms with van der Waals surface area (Å²) in [5, 5.41) is 3.34. The van der Waals surface area contributed by atoms with E-state index in [0.717, 1.165) is 31.7 Å². The van der Waals surface area contributed by atoms with Crippen molar-refractivity contribution >= 4 is 0 Å². The number of hydrogen-bond acceptors (Lipinski definition) is 3. The highest BCUT2D eigenvalue weighted by Crippen LogP contribution is 2.37. The molecule has 13 heavy (non-hydrogen) atoms. The summed E-state index contributed by atoms with van der Waals surface area (Å²) in [6, 6.07) is 2.06. The maximum atomic E-state index is 5.93. The molecule has 1 aromatic heterocycles. The molecule has 0 saturated carbocycles. The predicted octanol–water partition coefficient (Wildman–Crippen LogP) is 0.749. The lowest BCUT2D eigenvalue weighted by Crippen LogP contribution is -2.36. The lowest BCUT2D eigenvalue weighted by atomic mass is 9.97. The second-order valence-electron chi connectivity index (χ2n) is 3.87. The summed E-state index contributed by atoms with van der Waals surface area (Å²) in [6.45, 7) is 2.04. The number of hydrogen-bond donors (Lipinski definition) is 1. The van der Waals surface area contributed by atoms with Gasteiger partial charge in [0.1, 0.15) is 11.4 Å². The third-order valence-electron chi connectivity index (χ3n) is 2.91. The average Bonchev–Trinajstić information content (AvgIpc) is 2.72. The van der Waals surface area contributed by atoms with Gasteiger partial charge in [-0.2, -0.15) is 0 Å². The van der Waals surface area contributed by atoms with Gasteiger partial charge in [-0.05, 0) is 12.6 Å². The van der Waals surface area contributed by atoms with Gasteiger partial charge in [-0.1, -0.05) is 0 Å². The van der Waals surface area contributed by atoms with Gasteiger partial charge in [-0.3, -0.25) is 4.98 Å². The molecule has 3 nitrogen and oxygen atoms in total. The van der Waals surface area contributed by atoms with Crippen molar-refractivity contribution in [1.82, 2.24) is 10.3 Å². The van der Waals surface area contributed by atoms with Gasteiger partial charge in [0, 0.05) is 31.1 Å². The maximum absolute atomic E-state index is 5.93. The summed E-state index contributed by atoms with van der Waals surface area (Å²) >= 11 is 0. The average molecular weight is 176 g/mol. The Kier molecular flexibility index (Phi) is 1.38. The van der Waals surface area contributed by atoms with Crippen molar-refractivity contribution in [1.29, 1.82) is 0 Å². The van der Waals surface area contributed by atoms with Crippen LogP contribution in [0.5, 0.6) is 5.75 Å². The minimum atomic E-state index is 0.0470. The zero-order chi connectivity index (χ0) is 8.73. The molecule has 0 aliphatic carbocycles. The second-order valence-corrected chi connectivity index (χ2v) is 3.87. The minimum absolute atomic E-state index is 0.0470. The van der Waals surface area contributed by atoms with Gasteiger partial charge >= 0.3 is 0 Å². The van der Waals surface area contributed by atoms with Crippen LogP contribution in [-0.2, 0) is 6.42 Å². The molecule has 1 atom stereocenters. The summed E-state index contributed by atoms with van der Waals surface area (Å²) in [5.41, 5.74) is 1.35. The summed E-state index contributed by atoms with van der Waals surface area (Å²) in [7, 11) is 0. The molecule has 1 spiro atoms. The molecule has 0 aromatic carbocycles. The van der Waals surface area contributed by atoms with Gasteiger partial charge in [-0.25, -0.2) is 0 Å². The van der Waals surface area contributed by atoms with E-state index >= 15 is 0 Å². The Hall–Kier alpha value is -1.09. The molecule has 3 heterocycles. The Morgan fingerprint density at radius 2 is 2.54 bits per heavy atom. The number of nitrogens with one attached hydrogen (secondary N) is 1. The van der Waals surface area contributed by atoms with Gasteiger partial charge in [0.25, 0.3) is 0 Å². The van der Waals surface area contributed by atoms with Gasteiger partial charge in [0.05, 0.1) is 6.20 Å². The monoisotopic (exact) mass is 176 g/mol. The van der Waals surface area contributed by atoms with Crippen LogP contribution in [0.15, 0.2) is 18.5 Å². The van der Waals surface area contributed by atoms with Crippen LogP contribution in [-0.4, -0.2) is 23.7 Å². The van der Waals surface area contributed by atoms with Crippen LogP contribution in [0.3, 0.4) is 0 Å². The number of rotatable bonds is 0. The van der Waals surface area contributed by atoms with E-state index in [4.69, 9.17) is 4.74 Å². The normalized spacial score (nSPS) is 30.5. The quantitative estimate of drug-likeness (QED) is 0.633. The Labute approximate surface area is 77.1 Å². The number of ether oxygens (including phenoxy) is 1. The van der Waals surface area contributed by atoms with E-state index in [1.54, 1.807) is 0 Å². The Morgan fingerprint density at radius 1 is 1.54 bits per heavy atom. The lowest BCUT2D eigenvalue weighted by Gasteiger charge is -2.21.